The van der Waals surface area contributed by atoms with Crippen LogP contribution in [0.1, 0.15) is 46.0 Å². The largest absolute Gasteiger partial charge is 0.0928 e. The van der Waals surface area contributed by atoms with Crippen LogP contribution < -0.4 is 0 Å². The molecule has 0 aliphatic heterocycles. The van der Waals surface area contributed by atoms with Gasteiger partial charge in [0, 0.05) is 5.33 Å². The molecule has 1 saturated carbocycles. The molecule has 66 valence electrons. The average molecular weight is 219 g/mol. The second-order valence-electron chi connectivity index (χ2n) is 4.60. The Morgan fingerprint density at radius 3 is 2.73 bits per heavy atom. The van der Waals surface area contributed by atoms with Gasteiger partial charge in [-0.15, -0.1) is 0 Å². The molecule has 1 heteroatoms. The van der Waals surface area contributed by atoms with E-state index in [1.54, 1.807) is 0 Å². The first-order chi connectivity index (χ1) is 5.14. The first-order valence-corrected chi connectivity index (χ1v) is 5.82. The van der Waals surface area contributed by atoms with E-state index in [0.717, 1.165) is 5.92 Å². The van der Waals surface area contributed by atoms with E-state index in [2.05, 4.69) is 29.8 Å². The molecule has 1 rings (SSSR count). The maximum Gasteiger partial charge on any atom is 0.00339 e. The molecular formula is C10H19Br. The number of hydrogen-bond acceptors (Lipinski definition) is 0. The van der Waals surface area contributed by atoms with E-state index in [1.807, 2.05) is 0 Å². The zero-order chi connectivity index (χ0) is 8.32. The molecule has 1 fully saturated rings. The van der Waals surface area contributed by atoms with Crippen molar-refractivity contribution in [2.45, 2.75) is 46.0 Å². The zero-order valence-electron chi connectivity index (χ0n) is 7.70. The minimum atomic E-state index is 0.630. The Morgan fingerprint density at radius 2 is 2.18 bits per heavy atom. The van der Waals surface area contributed by atoms with Crippen molar-refractivity contribution in [3.63, 3.8) is 0 Å². The van der Waals surface area contributed by atoms with Crippen LogP contribution in [0, 0.1) is 11.3 Å². The van der Waals surface area contributed by atoms with Gasteiger partial charge in [0.1, 0.15) is 0 Å². The third-order valence-corrected chi connectivity index (χ3v) is 3.28. The summed E-state index contributed by atoms with van der Waals surface area (Å²) >= 11 is 3.52. The lowest BCUT2D eigenvalue weighted by Gasteiger charge is -2.35. The second kappa shape index (κ2) is 3.93. The van der Waals surface area contributed by atoms with Gasteiger partial charge < -0.3 is 0 Å². The van der Waals surface area contributed by atoms with Crippen LogP contribution >= 0.6 is 15.9 Å². The summed E-state index contributed by atoms with van der Waals surface area (Å²) in [7, 11) is 0. The Morgan fingerprint density at radius 1 is 1.45 bits per heavy atom. The summed E-state index contributed by atoms with van der Waals surface area (Å²) in [5.74, 6) is 0.998. The molecule has 1 atom stereocenters. The second-order valence-corrected chi connectivity index (χ2v) is 5.40. The Hall–Kier alpha value is 0.480. The molecule has 11 heavy (non-hydrogen) atoms. The van der Waals surface area contributed by atoms with E-state index in [1.165, 1.54) is 37.4 Å². The summed E-state index contributed by atoms with van der Waals surface area (Å²) in [5, 5.41) is 1.19. The van der Waals surface area contributed by atoms with E-state index in [-0.39, 0.29) is 0 Å². The van der Waals surface area contributed by atoms with Gasteiger partial charge in [-0.1, -0.05) is 42.6 Å². The predicted molar refractivity (Wildman–Crippen MR) is 54.2 cm³/mol. The Labute approximate surface area is 78.9 Å². The maximum absolute atomic E-state index is 3.52. The van der Waals surface area contributed by atoms with E-state index in [0.29, 0.717) is 5.41 Å². The highest BCUT2D eigenvalue weighted by molar-refractivity contribution is 9.09. The van der Waals surface area contributed by atoms with Crippen molar-refractivity contribution in [2.24, 2.45) is 11.3 Å². The van der Waals surface area contributed by atoms with E-state index < -0.39 is 0 Å². The average Bonchev–Trinajstić information content (AvgIpc) is 1.85. The fraction of sp³-hybridized carbons (Fsp3) is 1.00. The first-order valence-electron chi connectivity index (χ1n) is 4.70. The van der Waals surface area contributed by atoms with Crippen LogP contribution in [0.2, 0.25) is 0 Å². The van der Waals surface area contributed by atoms with Crippen LogP contribution in [0.4, 0.5) is 0 Å². The Balaban J connectivity index is 2.34. The van der Waals surface area contributed by atoms with Gasteiger partial charge in [0.05, 0.1) is 0 Å². The molecule has 0 spiro atoms. The first kappa shape index (κ1) is 9.57. The van der Waals surface area contributed by atoms with Crippen molar-refractivity contribution in [3.8, 4) is 0 Å². The predicted octanol–water partition coefficient (Wildman–Crippen LogP) is 3.99. The zero-order valence-corrected chi connectivity index (χ0v) is 9.28. The summed E-state index contributed by atoms with van der Waals surface area (Å²) < 4.78 is 0. The van der Waals surface area contributed by atoms with E-state index >= 15 is 0 Å². The number of rotatable bonds is 2. The molecule has 1 aliphatic rings. The van der Waals surface area contributed by atoms with Gasteiger partial charge in [-0.25, -0.2) is 0 Å². The summed E-state index contributed by atoms with van der Waals surface area (Å²) in [6.45, 7) is 4.82. The third-order valence-electron chi connectivity index (χ3n) is 2.82. The minimum absolute atomic E-state index is 0.630. The van der Waals surface area contributed by atoms with Crippen LogP contribution in [0.5, 0.6) is 0 Å². The monoisotopic (exact) mass is 218 g/mol. The van der Waals surface area contributed by atoms with Gasteiger partial charge in [-0.05, 0) is 30.6 Å². The van der Waals surface area contributed by atoms with Crippen LogP contribution in [0.15, 0.2) is 0 Å². The Kier molecular flexibility index (Phi) is 3.42. The molecule has 0 aromatic carbocycles. The standard InChI is InChI=1S/C10H19Br/c1-10(2)6-3-4-9(8-10)5-7-11/h9H,3-8H2,1-2H3/t9-/m0/s1. The van der Waals surface area contributed by atoms with Gasteiger partial charge in [0.15, 0.2) is 0 Å². The molecule has 0 N–H and O–H groups in total. The Bertz CT molecular complexity index is 116. The highest BCUT2D eigenvalue weighted by Gasteiger charge is 2.26. The van der Waals surface area contributed by atoms with Crippen LogP contribution in [0.25, 0.3) is 0 Å². The van der Waals surface area contributed by atoms with Gasteiger partial charge >= 0.3 is 0 Å². The molecule has 0 saturated heterocycles. The lowest BCUT2D eigenvalue weighted by atomic mass is 9.71. The van der Waals surface area contributed by atoms with E-state index in [9.17, 15) is 0 Å². The molecule has 0 unspecified atom stereocenters. The normalized spacial score (nSPS) is 30.3. The SMILES string of the molecule is CC1(C)CCC[C@@H](CCBr)C1. The van der Waals surface area contributed by atoms with Gasteiger partial charge in [0.2, 0.25) is 0 Å². The van der Waals surface area contributed by atoms with Crippen molar-refractivity contribution >= 4 is 15.9 Å². The fourth-order valence-electron chi connectivity index (χ4n) is 2.26. The number of hydrogen-bond donors (Lipinski definition) is 0. The molecule has 0 nitrogen and oxygen atoms in total. The van der Waals surface area contributed by atoms with Crippen LogP contribution in [0.3, 0.4) is 0 Å². The van der Waals surface area contributed by atoms with Crippen molar-refractivity contribution in [1.29, 1.82) is 0 Å². The molecule has 0 aromatic rings. The highest BCUT2D eigenvalue weighted by Crippen LogP contribution is 2.39. The minimum Gasteiger partial charge on any atom is -0.0928 e. The molecule has 1 aliphatic carbocycles. The van der Waals surface area contributed by atoms with Gasteiger partial charge in [-0.3, -0.25) is 0 Å². The van der Waals surface area contributed by atoms with Crippen molar-refractivity contribution in [1.82, 2.24) is 0 Å². The molecule has 0 aromatic heterocycles. The van der Waals surface area contributed by atoms with Crippen molar-refractivity contribution in [2.75, 3.05) is 5.33 Å². The van der Waals surface area contributed by atoms with Crippen LogP contribution in [-0.4, -0.2) is 5.33 Å². The quantitative estimate of drug-likeness (QED) is 0.616. The highest BCUT2D eigenvalue weighted by atomic mass is 79.9. The lowest BCUT2D eigenvalue weighted by Crippen LogP contribution is -2.22. The van der Waals surface area contributed by atoms with Crippen molar-refractivity contribution < 1.29 is 0 Å². The topological polar surface area (TPSA) is 0 Å². The molecule has 0 radical (unpaired) electrons. The van der Waals surface area contributed by atoms with Crippen LogP contribution in [-0.2, 0) is 0 Å². The molecular weight excluding hydrogens is 200 g/mol. The summed E-state index contributed by atoms with van der Waals surface area (Å²) in [5.41, 5.74) is 0.630. The summed E-state index contributed by atoms with van der Waals surface area (Å²) in [6.07, 6.45) is 7.17. The third kappa shape index (κ3) is 3.14. The van der Waals surface area contributed by atoms with Crippen molar-refractivity contribution in [3.05, 3.63) is 0 Å². The summed E-state index contributed by atoms with van der Waals surface area (Å²) in [4.78, 5) is 0. The smallest absolute Gasteiger partial charge is 0.00339 e. The molecule has 0 heterocycles. The lowest BCUT2D eigenvalue weighted by molar-refractivity contribution is 0.178. The number of halogens is 1. The van der Waals surface area contributed by atoms with E-state index in [4.69, 9.17) is 0 Å². The molecule has 0 bridgehead atoms. The maximum atomic E-state index is 3.52. The summed E-state index contributed by atoms with van der Waals surface area (Å²) in [6, 6.07) is 0. The van der Waals surface area contributed by atoms with Gasteiger partial charge in [0.25, 0.3) is 0 Å². The van der Waals surface area contributed by atoms with Gasteiger partial charge in [-0.2, -0.15) is 0 Å². The molecule has 0 amide bonds. The fourth-order valence-corrected chi connectivity index (χ4v) is 2.90. The number of alkyl halides is 1.